The summed E-state index contributed by atoms with van der Waals surface area (Å²) in [5.41, 5.74) is -0.530. The molecular formula is C12H22FNO3. The van der Waals surface area contributed by atoms with Crippen molar-refractivity contribution in [2.75, 3.05) is 19.8 Å². The van der Waals surface area contributed by atoms with Gasteiger partial charge in [0.25, 0.3) is 0 Å². The number of piperidine rings is 1. The molecule has 1 aliphatic heterocycles. The molecule has 5 heteroatoms. The van der Waals surface area contributed by atoms with Crippen LogP contribution in [-0.4, -0.2) is 47.6 Å². The quantitative estimate of drug-likeness (QED) is 0.811. The van der Waals surface area contributed by atoms with Crippen LogP contribution in [0.15, 0.2) is 0 Å². The highest BCUT2D eigenvalue weighted by Crippen LogP contribution is 2.22. The molecule has 1 heterocycles. The van der Waals surface area contributed by atoms with Crippen LogP contribution in [0.25, 0.3) is 0 Å². The van der Waals surface area contributed by atoms with Crippen molar-refractivity contribution in [1.29, 1.82) is 0 Å². The van der Waals surface area contributed by atoms with E-state index in [1.807, 2.05) is 0 Å². The van der Waals surface area contributed by atoms with Gasteiger partial charge in [-0.2, -0.15) is 0 Å². The summed E-state index contributed by atoms with van der Waals surface area (Å²) in [7, 11) is 0. The zero-order chi connectivity index (χ0) is 13.1. The Morgan fingerprint density at radius 3 is 2.65 bits per heavy atom. The molecule has 1 N–H and O–H groups in total. The van der Waals surface area contributed by atoms with Crippen LogP contribution < -0.4 is 0 Å². The Balaban J connectivity index is 2.46. The van der Waals surface area contributed by atoms with Crippen molar-refractivity contribution in [3.63, 3.8) is 0 Å². The summed E-state index contributed by atoms with van der Waals surface area (Å²) in [6, 6.07) is 0. The molecule has 0 aromatic carbocycles. The molecule has 0 saturated carbocycles. The van der Waals surface area contributed by atoms with E-state index in [0.717, 1.165) is 0 Å². The summed E-state index contributed by atoms with van der Waals surface area (Å²) in [4.78, 5) is 13.2. The number of alkyl halides is 1. The van der Waals surface area contributed by atoms with Gasteiger partial charge in [0.1, 0.15) is 5.60 Å². The maximum absolute atomic E-state index is 12.2. The zero-order valence-corrected chi connectivity index (χ0v) is 10.8. The number of likely N-dealkylation sites (tertiary alicyclic amines) is 1. The molecule has 0 spiro atoms. The minimum Gasteiger partial charge on any atom is -0.444 e. The van der Waals surface area contributed by atoms with E-state index in [1.54, 1.807) is 20.8 Å². The number of rotatable bonds is 2. The molecule has 17 heavy (non-hydrogen) atoms. The zero-order valence-electron chi connectivity index (χ0n) is 10.8. The number of hydrogen-bond acceptors (Lipinski definition) is 3. The Morgan fingerprint density at radius 2 is 2.18 bits per heavy atom. The Hall–Kier alpha value is -0.840. The summed E-state index contributed by atoms with van der Waals surface area (Å²) < 4.78 is 17.4. The number of amides is 1. The van der Waals surface area contributed by atoms with Gasteiger partial charge in [0.05, 0.1) is 19.3 Å². The molecule has 1 aliphatic rings. The van der Waals surface area contributed by atoms with E-state index in [9.17, 15) is 14.3 Å². The van der Waals surface area contributed by atoms with Gasteiger partial charge in [0, 0.05) is 6.54 Å². The number of nitrogens with zero attached hydrogens (tertiary/aromatic N) is 1. The number of carbonyl (C=O) groups excluding carboxylic acids is 1. The van der Waals surface area contributed by atoms with Crippen molar-refractivity contribution in [3.05, 3.63) is 0 Å². The Bertz CT molecular complexity index is 265. The van der Waals surface area contributed by atoms with Crippen molar-refractivity contribution in [3.8, 4) is 0 Å². The van der Waals surface area contributed by atoms with Crippen molar-refractivity contribution in [2.45, 2.75) is 45.3 Å². The second kappa shape index (κ2) is 5.67. The highest BCUT2D eigenvalue weighted by Gasteiger charge is 2.32. The first-order valence-electron chi connectivity index (χ1n) is 6.05. The van der Waals surface area contributed by atoms with Gasteiger partial charge in [-0.1, -0.05) is 0 Å². The van der Waals surface area contributed by atoms with Gasteiger partial charge in [0.15, 0.2) is 0 Å². The van der Waals surface area contributed by atoms with E-state index in [4.69, 9.17) is 4.74 Å². The summed E-state index contributed by atoms with van der Waals surface area (Å²) in [6.07, 6.45) is -0.0598. The van der Waals surface area contributed by atoms with E-state index in [0.29, 0.717) is 19.4 Å². The maximum atomic E-state index is 12.2. The number of aliphatic hydroxyl groups excluding tert-OH is 1. The molecule has 2 atom stereocenters. The van der Waals surface area contributed by atoms with E-state index < -0.39 is 24.5 Å². The van der Waals surface area contributed by atoms with E-state index in [2.05, 4.69) is 0 Å². The fourth-order valence-corrected chi connectivity index (χ4v) is 1.95. The van der Waals surface area contributed by atoms with Crippen LogP contribution in [-0.2, 0) is 4.74 Å². The van der Waals surface area contributed by atoms with Gasteiger partial charge < -0.3 is 14.7 Å². The van der Waals surface area contributed by atoms with E-state index in [-0.39, 0.29) is 12.5 Å². The second-order valence-electron chi connectivity index (χ2n) is 5.52. The lowest BCUT2D eigenvalue weighted by Crippen LogP contribution is -2.48. The molecule has 0 aliphatic carbocycles. The van der Waals surface area contributed by atoms with Crippen LogP contribution in [0.4, 0.5) is 9.18 Å². The monoisotopic (exact) mass is 247 g/mol. The third-order valence-corrected chi connectivity index (χ3v) is 2.85. The molecule has 0 aromatic rings. The van der Waals surface area contributed by atoms with Crippen molar-refractivity contribution < 1.29 is 19.0 Å². The summed E-state index contributed by atoms with van der Waals surface area (Å²) >= 11 is 0. The lowest BCUT2D eigenvalue weighted by molar-refractivity contribution is -0.0149. The molecular weight excluding hydrogens is 225 g/mol. The second-order valence-corrected chi connectivity index (χ2v) is 5.52. The maximum Gasteiger partial charge on any atom is 0.410 e. The fourth-order valence-electron chi connectivity index (χ4n) is 1.95. The van der Waals surface area contributed by atoms with Gasteiger partial charge in [-0.15, -0.1) is 0 Å². The Morgan fingerprint density at radius 1 is 1.53 bits per heavy atom. The van der Waals surface area contributed by atoms with E-state index >= 15 is 0 Å². The molecule has 1 fully saturated rings. The average molecular weight is 247 g/mol. The fraction of sp³-hybridized carbons (Fsp3) is 0.917. The minimum absolute atomic E-state index is 0.0429. The average Bonchev–Trinajstić information content (AvgIpc) is 2.18. The standard InChI is InChI=1S/C12H22FNO3/c1-12(2,3)17-11(16)14-7-5-9(4-6-13)10(15)8-14/h9-10,15H,4-8H2,1-3H3. The van der Waals surface area contributed by atoms with Crippen LogP contribution in [0.1, 0.15) is 33.6 Å². The number of β-amino-alcohol motifs (C(OH)–C–C–N with tert-alkyl or cyclic N) is 1. The van der Waals surface area contributed by atoms with Crippen LogP contribution in [0, 0.1) is 5.92 Å². The molecule has 100 valence electrons. The van der Waals surface area contributed by atoms with E-state index in [1.165, 1.54) is 4.90 Å². The SMILES string of the molecule is CC(C)(C)OC(=O)N1CCC(CCF)C(O)C1. The molecule has 1 rings (SSSR count). The lowest BCUT2D eigenvalue weighted by atomic mass is 9.91. The molecule has 1 amide bonds. The first-order chi connectivity index (χ1) is 7.83. The van der Waals surface area contributed by atoms with Gasteiger partial charge >= 0.3 is 6.09 Å². The normalized spacial score (nSPS) is 25.8. The van der Waals surface area contributed by atoms with Gasteiger partial charge in [-0.25, -0.2) is 4.79 Å². The van der Waals surface area contributed by atoms with Crippen molar-refractivity contribution in [2.24, 2.45) is 5.92 Å². The van der Waals surface area contributed by atoms with Crippen LogP contribution in [0.5, 0.6) is 0 Å². The topological polar surface area (TPSA) is 49.8 Å². The van der Waals surface area contributed by atoms with Crippen molar-refractivity contribution >= 4 is 6.09 Å². The molecule has 0 radical (unpaired) electrons. The van der Waals surface area contributed by atoms with Crippen LogP contribution >= 0.6 is 0 Å². The number of aliphatic hydroxyl groups is 1. The predicted molar refractivity (Wildman–Crippen MR) is 62.5 cm³/mol. The third kappa shape index (κ3) is 4.50. The first kappa shape index (κ1) is 14.2. The van der Waals surface area contributed by atoms with Crippen LogP contribution in [0.2, 0.25) is 0 Å². The highest BCUT2D eigenvalue weighted by atomic mass is 19.1. The molecule has 0 bridgehead atoms. The third-order valence-electron chi connectivity index (χ3n) is 2.85. The molecule has 1 saturated heterocycles. The van der Waals surface area contributed by atoms with Gasteiger partial charge in [-0.3, -0.25) is 4.39 Å². The number of ether oxygens (including phenoxy) is 1. The lowest BCUT2D eigenvalue weighted by Gasteiger charge is -2.36. The molecule has 2 unspecified atom stereocenters. The minimum atomic E-state index is -0.646. The number of hydrogen-bond donors (Lipinski definition) is 1. The number of carbonyl (C=O) groups is 1. The predicted octanol–water partition coefficient (Wildman–Crippen LogP) is 1.96. The van der Waals surface area contributed by atoms with Gasteiger partial charge in [0.2, 0.25) is 0 Å². The Labute approximate surface area is 102 Å². The Kier molecular flexibility index (Phi) is 4.74. The molecule has 0 aromatic heterocycles. The molecule has 4 nitrogen and oxygen atoms in total. The first-order valence-corrected chi connectivity index (χ1v) is 6.05. The summed E-state index contributed by atoms with van der Waals surface area (Å²) in [5, 5.41) is 9.80. The highest BCUT2D eigenvalue weighted by molar-refractivity contribution is 5.68. The van der Waals surface area contributed by atoms with Crippen LogP contribution in [0.3, 0.4) is 0 Å². The largest absolute Gasteiger partial charge is 0.444 e. The van der Waals surface area contributed by atoms with Crippen molar-refractivity contribution in [1.82, 2.24) is 4.90 Å². The summed E-state index contributed by atoms with van der Waals surface area (Å²) in [5.74, 6) is -0.0429. The summed E-state index contributed by atoms with van der Waals surface area (Å²) in [6.45, 7) is 5.75. The number of halogens is 1. The smallest absolute Gasteiger partial charge is 0.410 e. The van der Waals surface area contributed by atoms with Gasteiger partial charge in [-0.05, 0) is 39.5 Å².